The molecule has 7 heteroatoms. The van der Waals surface area contributed by atoms with Crippen LogP contribution in [0.1, 0.15) is 66.1 Å². The van der Waals surface area contributed by atoms with Crippen molar-refractivity contribution in [1.29, 1.82) is 0 Å². The van der Waals surface area contributed by atoms with Gasteiger partial charge in [0.1, 0.15) is 19.0 Å². The molecular formula is C25H36N2O5. The number of allylic oxidation sites excluding steroid dienone is 2. The molecule has 2 aliphatic rings. The van der Waals surface area contributed by atoms with E-state index >= 15 is 0 Å². The van der Waals surface area contributed by atoms with E-state index in [1.165, 1.54) is 19.3 Å². The minimum atomic E-state index is -0.302. The number of likely N-dealkylation sites (tertiary alicyclic amines) is 1. The van der Waals surface area contributed by atoms with Gasteiger partial charge in [0, 0.05) is 31.1 Å². The second-order valence-electron chi connectivity index (χ2n) is 8.57. The molecule has 1 N–H and O–H groups in total. The number of methoxy groups -OCH3 is 1. The molecule has 2 heterocycles. The molecule has 0 unspecified atom stereocenters. The van der Waals surface area contributed by atoms with E-state index in [1.54, 1.807) is 14.2 Å². The number of anilines is 1. The first-order valence-corrected chi connectivity index (χ1v) is 11.6. The summed E-state index contributed by atoms with van der Waals surface area (Å²) < 4.78 is 16.4. The summed E-state index contributed by atoms with van der Waals surface area (Å²) >= 11 is 0. The number of benzene rings is 1. The fraction of sp³-hybridized carbons (Fsp3) is 0.600. The van der Waals surface area contributed by atoms with E-state index < -0.39 is 0 Å². The predicted molar refractivity (Wildman–Crippen MR) is 124 cm³/mol. The molecular weight excluding hydrogens is 408 g/mol. The molecule has 1 saturated heterocycles. The van der Waals surface area contributed by atoms with Crippen LogP contribution < -0.4 is 10.1 Å². The Morgan fingerprint density at radius 2 is 1.97 bits per heavy atom. The Morgan fingerprint density at radius 3 is 2.66 bits per heavy atom. The van der Waals surface area contributed by atoms with Crippen LogP contribution in [0.5, 0.6) is 5.75 Å². The van der Waals surface area contributed by atoms with Gasteiger partial charge in [0.15, 0.2) is 0 Å². The van der Waals surface area contributed by atoms with Gasteiger partial charge in [0.2, 0.25) is 0 Å². The van der Waals surface area contributed by atoms with Gasteiger partial charge in [-0.3, -0.25) is 9.69 Å². The number of carbonyl (C=O) groups is 2. The fourth-order valence-electron chi connectivity index (χ4n) is 4.55. The van der Waals surface area contributed by atoms with Gasteiger partial charge in [0.05, 0.1) is 18.4 Å². The molecule has 1 fully saturated rings. The van der Waals surface area contributed by atoms with E-state index in [1.807, 2.05) is 13.8 Å². The summed E-state index contributed by atoms with van der Waals surface area (Å²) in [5.74, 6) is 0.316. The van der Waals surface area contributed by atoms with Crippen molar-refractivity contribution < 1.29 is 23.8 Å². The Labute approximate surface area is 191 Å². The summed E-state index contributed by atoms with van der Waals surface area (Å²) in [5.41, 5.74) is 5.20. The number of cyclic esters (lactones) is 1. The minimum absolute atomic E-state index is 0.153. The first-order chi connectivity index (χ1) is 15.5. The molecule has 0 bridgehead atoms. The summed E-state index contributed by atoms with van der Waals surface area (Å²) in [6.07, 6.45) is 7.48. The van der Waals surface area contributed by atoms with Gasteiger partial charge in [-0.25, -0.2) is 4.79 Å². The van der Waals surface area contributed by atoms with Crippen LogP contribution in [0.4, 0.5) is 5.69 Å². The molecule has 1 aromatic rings. The van der Waals surface area contributed by atoms with Gasteiger partial charge >= 0.3 is 11.9 Å². The number of hydrogen-bond acceptors (Lipinski definition) is 7. The third-order valence-corrected chi connectivity index (χ3v) is 6.42. The van der Waals surface area contributed by atoms with Crippen LogP contribution in [-0.2, 0) is 27.3 Å². The lowest BCUT2D eigenvalue weighted by atomic mass is 9.93. The second kappa shape index (κ2) is 11.4. The Kier molecular flexibility index (Phi) is 8.56. The van der Waals surface area contributed by atoms with Crippen LogP contribution in [0.15, 0.2) is 11.6 Å². The Balaban J connectivity index is 1.57. The molecule has 1 aromatic carbocycles. The van der Waals surface area contributed by atoms with Crippen LogP contribution in [0.3, 0.4) is 0 Å². The SMILES string of the molecule is CNc1c(C/C=C(\C)CCC(=O)OCCN2CCCCC2)c(OC)c(C)c2c1C(=O)OC2. The molecule has 0 radical (unpaired) electrons. The lowest BCUT2D eigenvalue weighted by Gasteiger charge is -2.25. The van der Waals surface area contributed by atoms with Gasteiger partial charge in [-0.1, -0.05) is 18.1 Å². The molecule has 0 atom stereocenters. The minimum Gasteiger partial charge on any atom is -0.496 e. The number of nitrogens with zero attached hydrogens (tertiary/aromatic N) is 1. The molecule has 32 heavy (non-hydrogen) atoms. The van der Waals surface area contributed by atoms with Gasteiger partial charge < -0.3 is 19.5 Å². The molecule has 0 aromatic heterocycles. The maximum atomic E-state index is 12.3. The van der Waals surface area contributed by atoms with Crippen molar-refractivity contribution in [3.05, 3.63) is 33.9 Å². The standard InChI is InChI=1S/C25H36N2O5/c1-17(9-11-21(28)31-15-14-27-12-6-5-7-13-27)8-10-19-23(26-3)22-20(16-32-25(22)29)18(2)24(19)30-4/h8,26H,5-7,9-16H2,1-4H3/b17-8+. The Morgan fingerprint density at radius 1 is 1.22 bits per heavy atom. The third-order valence-electron chi connectivity index (χ3n) is 6.42. The number of ether oxygens (including phenoxy) is 3. The largest absolute Gasteiger partial charge is 0.496 e. The lowest BCUT2D eigenvalue weighted by Crippen LogP contribution is -2.33. The molecule has 0 amide bonds. The summed E-state index contributed by atoms with van der Waals surface area (Å²) in [7, 11) is 3.45. The zero-order chi connectivity index (χ0) is 23.1. The first-order valence-electron chi connectivity index (χ1n) is 11.6. The van der Waals surface area contributed by atoms with E-state index in [0.29, 0.717) is 31.4 Å². The van der Waals surface area contributed by atoms with Crippen LogP contribution in [0.25, 0.3) is 0 Å². The zero-order valence-corrected chi connectivity index (χ0v) is 19.8. The Bertz CT molecular complexity index is 872. The highest BCUT2D eigenvalue weighted by Crippen LogP contribution is 2.41. The normalized spacial score (nSPS) is 16.5. The van der Waals surface area contributed by atoms with Gasteiger partial charge in [-0.2, -0.15) is 0 Å². The molecule has 0 spiro atoms. The van der Waals surface area contributed by atoms with Gasteiger partial charge in [-0.15, -0.1) is 0 Å². The number of carbonyl (C=O) groups excluding carboxylic acids is 2. The third kappa shape index (κ3) is 5.63. The van der Waals surface area contributed by atoms with Crippen LogP contribution in [-0.4, -0.2) is 57.2 Å². The maximum absolute atomic E-state index is 12.3. The van der Waals surface area contributed by atoms with Crippen LogP contribution in [0, 0.1) is 6.92 Å². The fourth-order valence-corrected chi connectivity index (χ4v) is 4.55. The van der Waals surface area contributed by atoms with Crippen molar-refractivity contribution >= 4 is 17.6 Å². The number of piperidine rings is 1. The molecule has 7 nitrogen and oxygen atoms in total. The number of esters is 2. The molecule has 0 saturated carbocycles. The average molecular weight is 445 g/mol. The molecule has 3 rings (SSSR count). The average Bonchev–Trinajstić information content (AvgIpc) is 3.19. The van der Waals surface area contributed by atoms with Crippen molar-refractivity contribution in [2.75, 3.05) is 45.7 Å². The van der Waals surface area contributed by atoms with E-state index in [0.717, 1.165) is 53.3 Å². The van der Waals surface area contributed by atoms with Crippen molar-refractivity contribution in [3.63, 3.8) is 0 Å². The van der Waals surface area contributed by atoms with Crippen molar-refractivity contribution in [2.24, 2.45) is 0 Å². The molecule has 176 valence electrons. The number of fused-ring (bicyclic) bond motifs is 1. The predicted octanol–water partition coefficient (Wildman–Crippen LogP) is 4.01. The van der Waals surface area contributed by atoms with Crippen LogP contribution >= 0.6 is 0 Å². The van der Waals surface area contributed by atoms with Crippen molar-refractivity contribution in [1.82, 2.24) is 4.90 Å². The van der Waals surface area contributed by atoms with Gasteiger partial charge in [0.25, 0.3) is 0 Å². The lowest BCUT2D eigenvalue weighted by molar-refractivity contribution is -0.144. The topological polar surface area (TPSA) is 77.1 Å². The number of nitrogens with one attached hydrogen (secondary N) is 1. The van der Waals surface area contributed by atoms with E-state index in [4.69, 9.17) is 14.2 Å². The molecule has 2 aliphatic heterocycles. The summed E-state index contributed by atoms with van der Waals surface area (Å²) in [4.78, 5) is 26.8. The zero-order valence-electron chi connectivity index (χ0n) is 19.8. The van der Waals surface area contributed by atoms with Gasteiger partial charge in [-0.05, 0) is 58.2 Å². The first kappa shape index (κ1) is 24.1. The highest BCUT2D eigenvalue weighted by Gasteiger charge is 2.31. The second-order valence-corrected chi connectivity index (χ2v) is 8.57. The van der Waals surface area contributed by atoms with Crippen LogP contribution in [0.2, 0.25) is 0 Å². The smallest absolute Gasteiger partial charge is 0.341 e. The summed E-state index contributed by atoms with van der Waals surface area (Å²) in [6, 6.07) is 0. The Hall–Kier alpha value is -2.54. The number of rotatable bonds is 10. The quantitative estimate of drug-likeness (QED) is 0.431. The highest BCUT2D eigenvalue weighted by atomic mass is 16.5. The highest BCUT2D eigenvalue weighted by molar-refractivity contribution is 6.01. The van der Waals surface area contributed by atoms with E-state index in [2.05, 4.69) is 16.3 Å². The van der Waals surface area contributed by atoms with E-state index in [9.17, 15) is 9.59 Å². The molecule has 0 aliphatic carbocycles. The van der Waals surface area contributed by atoms with E-state index in [-0.39, 0.29) is 18.5 Å². The summed E-state index contributed by atoms with van der Waals surface area (Å²) in [6.45, 7) is 7.76. The van der Waals surface area contributed by atoms with Crippen molar-refractivity contribution in [2.45, 2.75) is 59.0 Å². The number of hydrogen-bond donors (Lipinski definition) is 1. The van der Waals surface area contributed by atoms with Crippen molar-refractivity contribution in [3.8, 4) is 5.75 Å². The monoisotopic (exact) mass is 444 g/mol. The summed E-state index contributed by atoms with van der Waals surface area (Å²) in [5, 5.41) is 3.16. The maximum Gasteiger partial charge on any atom is 0.341 e.